The zero-order valence-corrected chi connectivity index (χ0v) is 16.5. The molecule has 0 bridgehead atoms. The second-order valence-electron chi connectivity index (χ2n) is 6.69. The van der Waals surface area contributed by atoms with Crippen molar-refractivity contribution in [1.29, 1.82) is 0 Å². The zero-order valence-electron chi connectivity index (χ0n) is 15.6. The third kappa shape index (κ3) is 5.29. The molecule has 1 aliphatic heterocycles. The molecule has 1 aromatic heterocycles. The van der Waals surface area contributed by atoms with Crippen molar-refractivity contribution in [3.8, 4) is 5.75 Å². The Morgan fingerprint density at radius 2 is 1.93 bits per heavy atom. The first-order valence-electron chi connectivity index (χ1n) is 9.03. The van der Waals surface area contributed by atoms with E-state index in [1.54, 1.807) is 4.90 Å². The number of aromatic nitrogens is 1. The zero-order chi connectivity index (χ0) is 19.2. The molecule has 1 aromatic carbocycles. The SMILES string of the molecule is COC(=O)C1CCN(C(=O)Cc2csc(COc3ccc(C)cc3)n2)CC1. The largest absolute Gasteiger partial charge is 0.486 e. The summed E-state index contributed by atoms with van der Waals surface area (Å²) in [7, 11) is 1.40. The highest BCUT2D eigenvalue weighted by Crippen LogP contribution is 2.20. The highest BCUT2D eigenvalue weighted by Gasteiger charge is 2.28. The van der Waals surface area contributed by atoms with Crippen LogP contribution in [0.15, 0.2) is 29.6 Å². The van der Waals surface area contributed by atoms with Crippen LogP contribution in [0.2, 0.25) is 0 Å². The molecule has 1 fully saturated rings. The molecule has 0 atom stereocenters. The molecule has 2 heterocycles. The number of piperidine rings is 1. The number of amides is 1. The Morgan fingerprint density at radius 1 is 1.22 bits per heavy atom. The van der Waals surface area contributed by atoms with Gasteiger partial charge in [-0.15, -0.1) is 11.3 Å². The summed E-state index contributed by atoms with van der Waals surface area (Å²) in [6, 6.07) is 7.88. The van der Waals surface area contributed by atoms with E-state index in [4.69, 9.17) is 9.47 Å². The maximum absolute atomic E-state index is 12.5. The second kappa shape index (κ2) is 8.99. The minimum atomic E-state index is -0.181. The quantitative estimate of drug-likeness (QED) is 0.712. The van der Waals surface area contributed by atoms with Crippen LogP contribution >= 0.6 is 11.3 Å². The van der Waals surface area contributed by atoms with Gasteiger partial charge in [0.2, 0.25) is 5.91 Å². The van der Waals surface area contributed by atoms with Crippen molar-refractivity contribution in [1.82, 2.24) is 9.88 Å². The normalized spacial score (nSPS) is 14.8. The van der Waals surface area contributed by atoms with Crippen molar-refractivity contribution in [2.75, 3.05) is 20.2 Å². The average Bonchev–Trinajstić information content (AvgIpc) is 3.14. The molecule has 3 rings (SSSR count). The Morgan fingerprint density at radius 3 is 2.59 bits per heavy atom. The van der Waals surface area contributed by atoms with E-state index >= 15 is 0 Å². The van der Waals surface area contributed by atoms with E-state index in [-0.39, 0.29) is 24.2 Å². The Bertz CT molecular complexity index is 780. The predicted octanol–water partition coefficient (Wildman–Crippen LogP) is 2.98. The van der Waals surface area contributed by atoms with Crippen molar-refractivity contribution in [3.05, 3.63) is 45.9 Å². The van der Waals surface area contributed by atoms with Crippen LogP contribution in [0.1, 0.15) is 29.1 Å². The van der Waals surface area contributed by atoms with E-state index in [0.717, 1.165) is 16.5 Å². The summed E-state index contributed by atoms with van der Waals surface area (Å²) in [6.07, 6.45) is 1.60. The van der Waals surface area contributed by atoms with Crippen LogP contribution in [-0.4, -0.2) is 42.0 Å². The molecule has 1 amide bonds. The van der Waals surface area contributed by atoms with Crippen molar-refractivity contribution < 1.29 is 19.1 Å². The van der Waals surface area contributed by atoms with E-state index in [1.807, 2.05) is 36.6 Å². The molecule has 0 unspecified atom stereocenters. The second-order valence-corrected chi connectivity index (χ2v) is 7.63. The number of carbonyl (C=O) groups excluding carboxylic acids is 2. The molecule has 0 radical (unpaired) electrons. The molecule has 0 N–H and O–H groups in total. The number of rotatable bonds is 6. The fourth-order valence-electron chi connectivity index (χ4n) is 3.07. The van der Waals surface area contributed by atoms with Gasteiger partial charge in [-0.2, -0.15) is 0 Å². The highest BCUT2D eigenvalue weighted by atomic mass is 32.1. The van der Waals surface area contributed by atoms with Crippen LogP contribution in [0.25, 0.3) is 0 Å². The van der Waals surface area contributed by atoms with Crippen LogP contribution in [0.5, 0.6) is 5.75 Å². The summed E-state index contributed by atoms with van der Waals surface area (Å²) < 4.78 is 10.5. The van der Waals surface area contributed by atoms with Gasteiger partial charge in [-0.05, 0) is 31.9 Å². The number of aryl methyl sites for hydroxylation is 1. The molecule has 0 aliphatic carbocycles. The lowest BCUT2D eigenvalue weighted by Gasteiger charge is -2.30. The average molecular weight is 388 g/mol. The molecule has 0 saturated carbocycles. The molecule has 1 saturated heterocycles. The number of hydrogen-bond acceptors (Lipinski definition) is 6. The molecule has 0 spiro atoms. The van der Waals surface area contributed by atoms with Gasteiger partial charge in [0, 0.05) is 18.5 Å². The fourth-order valence-corrected chi connectivity index (χ4v) is 3.78. The third-order valence-corrected chi connectivity index (χ3v) is 5.57. The van der Waals surface area contributed by atoms with Gasteiger partial charge in [0.05, 0.1) is 25.1 Å². The van der Waals surface area contributed by atoms with Crippen molar-refractivity contribution >= 4 is 23.2 Å². The summed E-state index contributed by atoms with van der Waals surface area (Å²) in [5.41, 5.74) is 1.95. The lowest BCUT2D eigenvalue weighted by atomic mass is 9.97. The molecule has 27 heavy (non-hydrogen) atoms. The predicted molar refractivity (Wildman–Crippen MR) is 103 cm³/mol. The van der Waals surface area contributed by atoms with Crippen LogP contribution in [0.4, 0.5) is 0 Å². The maximum Gasteiger partial charge on any atom is 0.308 e. The Labute approximate surface area is 163 Å². The smallest absolute Gasteiger partial charge is 0.308 e. The van der Waals surface area contributed by atoms with E-state index in [9.17, 15) is 9.59 Å². The lowest BCUT2D eigenvalue weighted by Crippen LogP contribution is -2.41. The number of likely N-dealkylation sites (tertiary alicyclic amines) is 1. The summed E-state index contributed by atoms with van der Waals surface area (Å²) in [4.78, 5) is 30.4. The molecule has 7 heteroatoms. The number of ether oxygens (including phenoxy) is 2. The first-order valence-corrected chi connectivity index (χ1v) is 9.91. The van der Waals surface area contributed by atoms with E-state index in [2.05, 4.69) is 4.98 Å². The molecule has 6 nitrogen and oxygen atoms in total. The number of esters is 1. The van der Waals surface area contributed by atoms with Crippen molar-refractivity contribution in [2.24, 2.45) is 5.92 Å². The molecule has 144 valence electrons. The van der Waals surface area contributed by atoms with Crippen LogP contribution < -0.4 is 4.74 Å². The first-order chi connectivity index (χ1) is 13.0. The minimum Gasteiger partial charge on any atom is -0.486 e. The van der Waals surface area contributed by atoms with Crippen LogP contribution in [0, 0.1) is 12.8 Å². The number of benzene rings is 1. The number of methoxy groups -OCH3 is 1. The number of hydrogen-bond donors (Lipinski definition) is 0. The standard InChI is InChI=1S/C20H24N2O4S/c1-14-3-5-17(6-4-14)26-12-18-21-16(13-27-18)11-19(23)22-9-7-15(8-10-22)20(24)25-2/h3-6,13,15H,7-12H2,1-2H3. The van der Waals surface area contributed by atoms with E-state index in [0.29, 0.717) is 32.5 Å². The topological polar surface area (TPSA) is 68.7 Å². The van der Waals surface area contributed by atoms with Gasteiger partial charge in [0.25, 0.3) is 0 Å². The maximum atomic E-state index is 12.5. The first kappa shape index (κ1) is 19.4. The van der Waals surface area contributed by atoms with E-state index in [1.165, 1.54) is 24.0 Å². The minimum absolute atomic E-state index is 0.0506. The highest BCUT2D eigenvalue weighted by molar-refractivity contribution is 7.09. The van der Waals surface area contributed by atoms with Crippen LogP contribution in [0.3, 0.4) is 0 Å². The molecular formula is C20H24N2O4S. The van der Waals surface area contributed by atoms with Gasteiger partial charge >= 0.3 is 5.97 Å². The van der Waals surface area contributed by atoms with Crippen molar-refractivity contribution in [2.45, 2.75) is 32.8 Å². The molecule has 2 aromatic rings. The van der Waals surface area contributed by atoms with Gasteiger partial charge in [-0.1, -0.05) is 17.7 Å². The number of thiazole rings is 1. The van der Waals surface area contributed by atoms with Gasteiger partial charge in [-0.25, -0.2) is 4.98 Å². The number of carbonyl (C=O) groups is 2. The Kier molecular flexibility index (Phi) is 6.45. The Hall–Kier alpha value is -2.41. The fraction of sp³-hybridized carbons (Fsp3) is 0.450. The van der Waals surface area contributed by atoms with Gasteiger partial charge in [0.15, 0.2) is 0 Å². The third-order valence-electron chi connectivity index (χ3n) is 4.70. The summed E-state index contributed by atoms with van der Waals surface area (Å²) >= 11 is 1.50. The van der Waals surface area contributed by atoms with Gasteiger partial charge in [-0.3, -0.25) is 9.59 Å². The van der Waals surface area contributed by atoms with Gasteiger partial charge < -0.3 is 14.4 Å². The number of nitrogens with zero attached hydrogens (tertiary/aromatic N) is 2. The summed E-state index contributed by atoms with van der Waals surface area (Å²) in [5.74, 6) is 0.584. The van der Waals surface area contributed by atoms with Gasteiger partial charge in [0.1, 0.15) is 17.4 Å². The molecule has 1 aliphatic rings. The van der Waals surface area contributed by atoms with Crippen LogP contribution in [-0.2, 0) is 27.4 Å². The van der Waals surface area contributed by atoms with Crippen molar-refractivity contribution in [3.63, 3.8) is 0 Å². The lowest BCUT2D eigenvalue weighted by molar-refractivity contribution is -0.148. The van der Waals surface area contributed by atoms with E-state index < -0.39 is 0 Å². The summed E-state index contributed by atoms with van der Waals surface area (Å²) in [6.45, 7) is 3.61. The summed E-state index contributed by atoms with van der Waals surface area (Å²) in [5, 5.41) is 2.76. The monoisotopic (exact) mass is 388 g/mol. The molecular weight excluding hydrogens is 364 g/mol. The Balaban J connectivity index is 1.46.